The maximum Gasteiger partial charge on any atom is 0.0746 e. The minimum atomic E-state index is 1.05. The Hall–Kier alpha value is -1.37. The van der Waals surface area contributed by atoms with Crippen LogP contribution in [0.4, 0.5) is 0 Å². The Morgan fingerprint density at radius 1 is 0.826 bits per heavy atom. The molecule has 2 rings (SSSR count). The van der Waals surface area contributed by atoms with E-state index < -0.39 is 0 Å². The third-order valence-electron chi connectivity index (χ3n) is 1.94. The van der Waals surface area contributed by atoms with Crippen molar-refractivity contribution >= 4 is 0 Å². The second-order valence-corrected chi connectivity index (χ2v) is 3.30. The highest BCUT2D eigenvalue weighted by Gasteiger charge is 1.86. The van der Waals surface area contributed by atoms with Crippen LogP contribution in [0.5, 0.6) is 0 Å². The highest BCUT2D eigenvalue weighted by Crippen LogP contribution is 2.05. The van der Waals surface area contributed by atoms with E-state index in [9.17, 15) is 0 Å². The van der Waals surface area contributed by atoms with Gasteiger partial charge in [-0.15, -0.1) is 0 Å². The molecule has 1 heterocycles. The van der Waals surface area contributed by atoms with E-state index in [0.29, 0.717) is 0 Å². The SMILES string of the molecule is CC.CC.CC.CC.CC1=CCC=C1.CN1C=CC=CC1.[CH2+]C. The number of rotatable bonds is 0. The van der Waals surface area contributed by atoms with Crippen molar-refractivity contribution in [1.29, 1.82) is 0 Å². The van der Waals surface area contributed by atoms with Gasteiger partial charge < -0.3 is 4.90 Å². The first kappa shape index (κ1) is 33.3. The molecular formula is C22H46N+. The molecule has 0 unspecified atom stereocenters. The van der Waals surface area contributed by atoms with E-state index >= 15 is 0 Å². The van der Waals surface area contributed by atoms with Crippen LogP contribution in [0.25, 0.3) is 0 Å². The highest BCUT2D eigenvalue weighted by atomic mass is 15.1. The van der Waals surface area contributed by atoms with Crippen molar-refractivity contribution in [3.05, 3.63) is 55.2 Å². The van der Waals surface area contributed by atoms with Gasteiger partial charge in [-0.25, -0.2) is 0 Å². The third kappa shape index (κ3) is 38.5. The predicted octanol–water partition coefficient (Wildman–Crippen LogP) is 7.84. The number of likely N-dealkylation sites (N-methyl/N-ethyl adjacent to an activating group) is 1. The third-order valence-corrected chi connectivity index (χ3v) is 1.94. The topological polar surface area (TPSA) is 3.24 Å². The van der Waals surface area contributed by atoms with Crippen molar-refractivity contribution in [3.63, 3.8) is 0 Å². The van der Waals surface area contributed by atoms with Gasteiger partial charge in [-0.2, -0.15) is 0 Å². The highest BCUT2D eigenvalue weighted by molar-refractivity contribution is 5.23. The molecule has 2 aliphatic rings. The minimum absolute atomic E-state index is 1.05. The average Bonchev–Trinajstić information content (AvgIpc) is 3.16. The second kappa shape index (κ2) is 42.8. The van der Waals surface area contributed by atoms with E-state index in [2.05, 4.69) is 62.4 Å². The van der Waals surface area contributed by atoms with Gasteiger partial charge in [0, 0.05) is 13.6 Å². The van der Waals surface area contributed by atoms with Gasteiger partial charge in [0.15, 0.2) is 0 Å². The van der Waals surface area contributed by atoms with Crippen LogP contribution in [0.2, 0.25) is 0 Å². The van der Waals surface area contributed by atoms with Crippen LogP contribution in [-0.4, -0.2) is 18.5 Å². The van der Waals surface area contributed by atoms with Gasteiger partial charge >= 0.3 is 0 Å². The van der Waals surface area contributed by atoms with Crippen LogP contribution < -0.4 is 0 Å². The standard InChI is InChI=1S/C6H9N.C6H8.4C2H6.C2H5/c1-7-5-3-2-4-6-7;1-6-4-2-3-5-6;5*1-2/h2-5H,6H2,1H3;2,4-5H,3H2,1H3;4*1-2H3;1H2,2H3/q;;;;;;+1. The summed E-state index contributed by atoms with van der Waals surface area (Å²) in [5.74, 6) is 0. The summed E-state index contributed by atoms with van der Waals surface area (Å²) in [7, 11) is 2.06. The zero-order valence-electron chi connectivity index (χ0n) is 18.1. The summed E-state index contributed by atoms with van der Waals surface area (Å²) in [6.07, 6.45) is 15.9. The molecule has 0 aromatic heterocycles. The molecule has 0 aromatic rings. The van der Waals surface area contributed by atoms with Gasteiger partial charge in [0.2, 0.25) is 0 Å². The van der Waals surface area contributed by atoms with E-state index in [1.807, 2.05) is 61.5 Å². The molecule has 0 spiro atoms. The molecule has 1 aliphatic heterocycles. The van der Waals surface area contributed by atoms with Crippen molar-refractivity contribution in [3.8, 4) is 0 Å². The number of hydrogen-bond donors (Lipinski definition) is 0. The Kier molecular flexibility index (Phi) is 61.9. The Balaban J connectivity index is -0.0000000617. The first-order valence-corrected chi connectivity index (χ1v) is 9.36. The molecule has 138 valence electrons. The summed E-state index contributed by atoms with van der Waals surface area (Å²) in [5, 5.41) is 0. The molecule has 0 bridgehead atoms. The number of nitrogens with zero attached hydrogens (tertiary/aromatic N) is 1. The molecule has 0 saturated carbocycles. The lowest BCUT2D eigenvalue weighted by atomic mass is 10.3. The normalized spacial score (nSPS) is 11.6. The first-order valence-electron chi connectivity index (χ1n) is 9.36. The van der Waals surface area contributed by atoms with E-state index in [0.717, 1.165) is 13.0 Å². The lowest BCUT2D eigenvalue weighted by molar-refractivity contribution is 0.505. The van der Waals surface area contributed by atoms with Gasteiger partial charge in [0.25, 0.3) is 0 Å². The Labute approximate surface area is 149 Å². The molecular weight excluding hydrogens is 278 g/mol. The van der Waals surface area contributed by atoms with Crippen molar-refractivity contribution in [1.82, 2.24) is 4.90 Å². The van der Waals surface area contributed by atoms with Crippen molar-refractivity contribution in [2.24, 2.45) is 0 Å². The van der Waals surface area contributed by atoms with Crippen LogP contribution in [0, 0.1) is 6.92 Å². The van der Waals surface area contributed by atoms with E-state index in [1.165, 1.54) is 5.57 Å². The molecule has 0 N–H and O–H groups in total. The molecule has 0 saturated heterocycles. The van der Waals surface area contributed by atoms with E-state index in [1.54, 1.807) is 6.92 Å². The fourth-order valence-electron chi connectivity index (χ4n) is 1.14. The smallest absolute Gasteiger partial charge is 0.0746 e. The Morgan fingerprint density at radius 3 is 1.43 bits per heavy atom. The van der Waals surface area contributed by atoms with Crippen LogP contribution in [-0.2, 0) is 0 Å². The predicted molar refractivity (Wildman–Crippen MR) is 115 cm³/mol. The van der Waals surface area contributed by atoms with Crippen molar-refractivity contribution < 1.29 is 0 Å². The summed E-state index contributed by atoms with van der Waals surface area (Å²) in [6, 6.07) is 0. The Bertz CT molecular complexity index is 254. The summed E-state index contributed by atoms with van der Waals surface area (Å²) in [6.45, 7) is 24.2. The Morgan fingerprint density at radius 2 is 1.30 bits per heavy atom. The van der Waals surface area contributed by atoms with Gasteiger partial charge in [0.1, 0.15) is 0 Å². The zero-order chi connectivity index (χ0) is 19.5. The number of allylic oxidation sites excluding steroid dienone is 6. The molecule has 0 fully saturated rings. The molecule has 23 heavy (non-hydrogen) atoms. The monoisotopic (exact) mass is 324 g/mol. The minimum Gasteiger partial charge on any atom is -0.377 e. The van der Waals surface area contributed by atoms with E-state index in [4.69, 9.17) is 0 Å². The number of hydrogen-bond acceptors (Lipinski definition) is 1. The van der Waals surface area contributed by atoms with Gasteiger partial charge in [0.05, 0.1) is 13.8 Å². The molecule has 0 atom stereocenters. The second-order valence-electron chi connectivity index (χ2n) is 3.30. The zero-order valence-corrected chi connectivity index (χ0v) is 18.1. The van der Waals surface area contributed by atoms with Gasteiger partial charge in [-0.3, -0.25) is 0 Å². The van der Waals surface area contributed by atoms with Crippen LogP contribution in [0.1, 0.15) is 75.7 Å². The van der Waals surface area contributed by atoms with E-state index in [-0.39, 0.29) is 0 Å². The summed E-state index contributed by atoms with van der Waals surface area (Å²) < 4.78 is 0. The molecule has 0 radical (unpaired) electrons. The molecule has 1 nitrogen and oxygen atoms in total. The first-order chi connectivity index (χ1) is 11.3. The van der Waals surface area contributed by atoms with Gasteiger partial charge in [-0.05, 0) is 25.6 Å². The summed E-state index contributed by atoms with van der Waals surface area (Å²) in [5.41, 5.74) is 1.40. The quantitative estimate of drug-likeness (QED) is 0.410. The molecule has 1 aliphatic carbocycles. The average molecular weight is 325 g/mol. The van der Waals surface area contributed by atoms with Crippen molar-refractivity contribution in [2.75, 3.05) is 13.6 Å². The maximum absolute atomic E-state index is 3.25. The van der Waals surface area contributed by atoms with Crippen LogP contribution in [0.3, 0.4) is 0 Å². The summed E-state index contributed by atoms with van der Waals surface area (Å²) >= 11 is 0. The fourth-order valence-corrected chi connectivity index (χ4v) is 1.14. The fraction of sp³-hybridized carbons (Fsp3) is 0.591. The molecule has 0 aromatic carbocycles. The maximum atomic E-state index is 3.25. The van der Waals surface area contributed by atoms with Crippen LogP contribution >= 0.6 is 0 Å². The lowest BCUT2D eigenvalue weighted by Gasteiger charge is -2.11. The van der Waals surface area contributed by atoms with Crippen LogP contribution in [0.15, 0.2) is 48.2 Å². The lowest BCUT2D eigenvalue weighted by Crippen LogP contribution is -2.11. The van der Waals surface area contributed by atoms with Crippen molar-refractivity contribution in [2.45, 2.75) is 75.7 Å². The van der Waals surface area contributed by atoms with Gasteiger partial charge in [-0.1, -0.05) is 91.3 Å². The largest absolute Gasteiger partial charge is 0.377 e. The molecule has 1 heteroatoms. The molecule has 0 amide bonds. The summed E-state index contributed by atoms with van der Waals surface area (Å²) in [4.78, 5) is 2.12.